The average Bonchev–Trinajstić information content (AvgIpc) is 3.21. The van der Waals surface area contributed by atoms with Gasteiger partial charge in [-0.25, -0.2) is 9.18 Å². The number of nitrogens with one attached hydrogen (secondary N) is 1. The maximum Gasteiger partial charge on any atom is 0.339 e. The Morgan fingerprint density at radius 2 is 2.12 bits per heavy atom. The predicted molar refractivity (Wildman–Crippen MR) is 91.0 cm³/mol. The van der Waals surface area contributed by atoms with E-state index < -0.39 is 17.7 Å². The molecule has 0 spiro atoms. The Hall–Kier alpha value is -3.16. The average molecular weight is 360 g/mol. The van der Waals surface area contributed by atoms with Crippen molar-refractivity contribution in [3.63, 3.8) is 0 Å². The Kier molecular flexibility index (Phi) is 4.75. The van der Waals surface area contributed by atoms with Gasteiger partial charge in [0.2, 0.25) is 5.91 Å². The minimum atomic E-state index is -1.18. The highest BCUT2D eigenvalue weighted by Gasteiger charge is 2.25. The molecule has 0 radical (unpaired) electrons. The first-order valence-corrected chi connectivity index (χ1v) is 8.18. The number of aromatic carboxylic acids is 1. The second-order valence-corrected chi connectivity index (χ2v) is 5.88. The van der Waals surface area contributed by atoms with E-state index in [1.54, 1.807) is 6.92 Å². The van der Waals surface area contributed by atoms with Gasteiger partial charge in [-0.1, -0.05) is 6.92 Å². The standard InChI is InChI=1S/C18H17FN2O5/c1-2-14-11(18(24)25)9-15(26-14)17(23)20-10-5-6-13(12(19)8-10)21-7-3-4-16(21)22/h5-6,8-9H,2-4,7H2,1H3,(H,20,23)(H,24,25). The van der Waals surface area contributed by atoms with Crippen LogP contribution in [0.15, 0.2) is 28.7 Å². The molecule has 8 heteroatoms. The summed E-state index contributed by atoms with van der Waals surface area (Å²) < 4.78 is 19.6. The Morgan fingerprint density at radius 3 is 2.65 bits per heavy atom. The van der Waals surface area contributed by atoms with Gasteiger partial charge in [-0.2, -0.15) is 0 Å². The number of carbonyl (C=O) groups excluding carboxylic acids is 2. The lowest BCUT2D eigenvalue weighted by atomic mass is 10.2. The fourth-order valence-electron chi connectivity index (χ4n) is 2.88. The molecule has 2 N–H and O–H groups in total. The van der Waals surface area contributed by atoms with E-state index in [0.29, 0.717) is 25.8 Å². The van der Waals surface area contributed by atoms with Crippen LogP contribution in [0.25, 0.3) is 0 Å². The SMILES string of the molecule is CCc1oc(C(=O)Nc2ccc(N3CCCC3=O)c(F)c2)cc1C(=O)O. The highest BCUT2D eigenvalue weighted by atomic mass is 19.1. The van der Waals surface area contributed by atoms with E-state index in [1.807, 2.05) is 0 Å². The minimum absolute atomic E-state index is 0.0771. The Bertz CT molecular complexity index is 890. The maximum absolute atomic E-state index is 14.3. The molecule has 0 atom stereocenters. The van der Waals surface area contributed by atoms with E-state index in [2.05, 4.69) is 5.32 Å². The zero-order valence-corrected chi connectivity index (χ0v) is 14.0. The number of rotatable bonds is 5. The van der Waals surface area contributed by atoms with Gasteiger partial charge in [0.15, 0.2) is 5.76 Å². The van der Waals surface area contributed by atoms with E-state index in [9.17, 15) is 18.8 Å². The van der Waals surface area contributed by atoms with Gasteiger partial charge in [0.25, 0.3) is 5.91 Å². The van der Waals surface area contributed by atoms with E-state index in [-0.39, 0.29) is 34.4 Å². The number of furan rings is 1. The molecule has 26 heavy (non-hydrogen) atoms. The molecule has 2 heterocycles. The number of benzene rings is 1. The number of halogens is 1. The molecule has 136 valence electrons. The number of hydrogen-bond acceptors (Lipinski definition) is 4. The summed E-state index contributed by atoms with van der Waals surface area (Å²) in [5.74, 6) is -2.61. The molecule has 1 aromatic carbocycles. The Morgan fingerprint density at radius 1 is 1.35 bits per heavy atom. The summed E-state index contributed by atoms with van der Waals surface area (Å²) in [6.45, 7) is 2.17. The van der Waals surface area contributed by atoms with Crippen molar-refractivity contribution in [3.05, 3.63) is 47.2 Å². The molecular weight excluding hydrogens is 343 g/mol. The summed E-state index contributed by atoms with van der Waals surface area (Å²) in [4.78, 5) is 36.5. The van der Waals surface area contributed by atoms with E-state index in [4.69, 9.17) is 9.52 Å². The highest BCUT2D eigenvalue weighted by molar-refractivity contribution is 6.04. The van der Waals surface area contributed by atoms with Gasteiger partial charge in [-0.15, -0.1) is 0 Å². The summed E-state index contributed by atoms with van der Waals surface area (Å²) in [7, 11) is 0. The fraction of sp³-hybridized carbons (Fsp3) is 0.278. The van der Waals surface area contributed by atoms with Crippen LogP contribution in [0, 0.1) is 5.82 Å². The Labute approximate surface area is 148 Å². The molecule has 7 nitrogen and oxygen atoms in total. The van der Waals surface area contributed by atoms with Crippen LogP contribution in [0.5, 0.6) is 0 Å². The van der Waals surface area contributed by atoms with Crippen LogP contribution < -0.4 is 10.2 Å². The first-order valence-electron chi connectivity index (χ1n) is 8.18. The van der Waals surface area contributed by atoms with Crippen LogP contribution in [-0.2, 0) is 11.2 Å². The van der Waals surface area contributed by atoms with Crippen molar-refractivity contribution < 1.29 is 28.3 Å². The fourth-order valence-corrected chi connectivity index (χ4v) is 2.88. The maximum atomic E-state index is 14.3. The molecule has 0 bridgehead atoms. The Balaban J connectivity index is 1.79. The van der Waals surface area contributed by atoms with Crippen molar-refractivity contribution in [2.45, 2.75) is 26.2 Å². The molecule has 1 aromatic heterocycles. The molecule has 3 rings (SSSR count). The number of carbonyl (C=O) groups is 3. The van der Waals surface area contributed by atoms with Gasteiger partial charge < -0.3 is 19.7 Å². The van der Waals surface area contributed by atoms with Gasteiger partial charge in [0.05, 0.1) is 5.69 Å². The molecule has 0 unspecified atom stereocenters. The van der Waals surface area contributed by atoms with Crippen molar-refractivity contribution in [2.75, 3.05) is 16.8 Å². The number of amides is 2. The number of aryl methyl sites for hydroxylation is 1. The molecule has 1 aliphatic rings. The molecule has 1 fully saturated rings. The van der Waals surface area contributed by atoms with E-state index in [1.165, 1.54) is 17.0 Å². The van der Waals surface area contributed by atoms with Crippen molar-refractivity contribution in [1.29, 1.82) is 0 Å². The summed E-state index contributed by atoms with van der Waals surface area (Å²) >= 11 is 0. The minimum Gasteiger partial charge on any atom is -0.478 e. The van der Waals surface area contributed by atoms with Gasteiger partial charge in [-0.05, 0) is 24.6 Å². The predicted octanol–water partition coefficient (Wildman–Crippen LogP) is 3.06. The third-order valence-corrected chi connectivity index (χ3v) is 4.15. The van der Waals surface area contributed by atoms with Crippen molar-refractivity contribution in [3.8, 4) is 0 Å². The van der Waals surface area contributed by atoms with Crippen LogP contribution in [0.1, 0.15) is 46.4 Å². The normalized spacial score (nSPS) is 13.9. The zero-order chi connectivity index (χ0) is 18.8. The summed E-state index contributed by atoms with van der Waals surface area (Å²) in [5.41, 5.74) is 0.269. The first kappa shape index (κ1) is 17.7. The lowest BCUT2D eigenvalue weighted by Crippen LogP contribution is -2.24. The lowest BCUT2D eigenvalue weighted by Gasteiger charge is -2.17. The number of hydrogen-bond donors (Lipinski definition) is 2. The van der Waals surface area contributed by atoms with Crippen molar-refractivity contribution in [1.82, 2.24) is 0 Å². The molecule has 2 aromatic rings. The highest BCUT2D eigenvalue weighted by Crippen LogP contribution is 2.27. The van der Waals surface area contributed by atoms with Gasteiger partial charge in [0.1, 0.15) is 17.1 Å². The smallest absolute Gasteiger partial charge is 0.339 e. The number of carboxylic acid groups (broad SMARTS) is 1. The largest absolute Gasteiger partial charge is 0.478 e. The van der Waals surface area contributed by atoms with E-state index >= 15 is 0 Å². The molecule has 1 saturated heterocycles. The first-order chi connectivity index (χ1) is 12.4. The summed E-state index contributed by atoms with van der Waals surface area (Å²) in [5, 5.41) is 11.6. The second-order valence-electron chi connectivity index (χ2n) is 5.88. The van der Waals surface area contributed by atoms with Gasteiger partial charge in [0, 0.05) is 31.1 Å². The molecule has 0 aliphatic carbocycles. The van der Waals surface area contributed by atoms with Crippen LogP contribution in [-0.4, -0.2) is 29.4 Å². The van der Waals surface area contributed by atoms with Crippen LogP contribution in [0.2, 0.25) is 0 Å². The third kappa shape index (κ3) is 3.30. The zero-order valence-electron chi connectivity index (χ0n) is 14.0. The summed E-state index contributed by atoms with van der Waals surface area (Å²) in [6.07, 6.45) is 1.39. The van der Waals surface area contributed by atoms with Crippen molar-refractivity contribution in [2.24, 2.45) is 0 Å². The molecular formula is C18H17FN2O5. The third-order valence-electron chi connectivity index (χ3n) is 4.15. The van der Waals surface area contributed by atoms with Gasteiger partial charge >= 0.3 is 5.97 Å². The van der Waals surface area contributed by atoms with Crippen LogP contribution in [0.3, 0.4) is 0 Å². The van der Waals surface area contributed by atoms with Crippen molar-refractivity contribution >= 4 is 29.2 Å². The topological polar surface area (TPSA) is 99.9 Å². The molecule has 1 aliphatic heterocycles. The lowest BCUT2D eigenvalue weighted by molar-refractivity contribution is -0.117. The van der Waals surface area contributed by atoms with Crippen LogP contribution >= 0.6 is 0 Å². The van der Waals surface area contributed by atoms with Gasteiger partial charge in [-0.3, -0.25) is 9.59 Å². The monoisotopic (exact) mass is 360 g/mol. The van der Waals surface area contributed by atoms with E-state index in [0.717, 1.165) is 12.1 Å². The summed E-state index contributed by atoms with van der Waals surface area (Å²) in [6, 6.07) is 5.16. The quantitative estimate of drug-likeness (QED) is 0.854. The second kappa shape index (κ2) is 6.99. The molecule has 0 saturated carbocycles. The molecule has 2 amide bonds. The number of nitrogens with zero attached hydrogens (tertiary/aromatic N) is 1. The number of anilines is 2. The van der Waals surface area contributed by atoms with Crippen LogP contribution in [0.4, 0.5) is 15.8 Å². The number of carboxylic acids is 1.